The number of aromatic nitrogens is 3. The Morgan fingerprint density at radius 3 is 2.64 bits per heavy atom. The van der Waals surface area contributed by atoms with Gasteiger partial charge in [-0.1, -0.05) is 13.8 Å². The van der Waals surface area contributed by atoms with E-state index in [2.05, 4.69) is 10.1 Å². The van der Waals surface area contributed by atoms with Gasteiger partial charge in [0.15, 0.2) is 5.65 Å². The molecule has 0 amide bonds. The predicted molar refractivity (Wildman–Crippen MR) is 84.2 cm³/mol. The number of fused-ring (bicyclic) bond motifs is 1. The van der Waals surface area contributed by atoms with Crippen LogP contribution in [-0.4, -0.2) is 35.4 Å². The van der Waals surface area contributed by atoms with Gasteiger partial charge in [-0.3, -0.25) is 0 Å². The van der Waals surface area contributed by atoms with E-state index in [1.165, 1.54) is 0 Å². The molecule has 7 nitrogen and oxygen atoms in total. The number of aryl methyl sites for hydroxylation is 1. The van der Waals surface area contributed by atoms with Gasteiger partial charge in [0.05, 0.1) is 12.4 Å². The molecule has 0 saturated carbocycles. The first-order valence-electron chi connectivity index (χ1n) is 7.23. The first-order chi connectivity index (χ1) is 10.3. The number of ether oxygens (including phenoxy) is 1. The van der Waals surface area contributed by atoms with Crippen LogP contribution >= 0.6 is 0 Å². The van der Waals surface area contributed by atoms with Crippen molar-refractivity contribution in [2.45, 2.75) is 33.6 Å². The van der Waals surface area contributed by atoms with Crippen molar-refractivity contribution < 1.29 is 13.2 Å². The predicted octanol–water partition coefficient (Wildman–Crippen LogP) is 1.51. The first kappa shape index (κ1) is 16.7. The molecule has 0 spiro atoms. The van der Waals surface area contributed by atoms with Gasteiger partial charge in [-0.05, 0) is 25.8 Å². The summed E-state index contributed by atoms with van der Waals surface area (Å²) in [5.41, 5.74) is 1.09. The average molecular weight is 326 g/mol. The minimum Gasteiger partial charge on any atom is -0.476 e. The number of rotatable bonds is 7. The topological polar surface area (TPSA) is 99.6 Å². The van der Waals surface area contributed by atoms with E-state index in [0.29, 0.717) is 18.7 Å². The number of hydrogen-bond donors (Lipinski definition) is 1. The third-order valence-electron chi connectivity index (χ3n) is 4.05. The molecule has 2 rings (SSSR count). The summed E-state index contributed by atoms with van der Waals surface area (Å²) in [5, 5.41) is 9.57. The van der Waals surface area contributed by atoms with Crippen molar-refractivity contribution in [1.82, 2.24) is 14.6 Å². The van der Waals surface area contributed by atoms with Crippen LogP contribution in [0.5, 0.6) is 5.88 Å². The van der Waals surface area contributed by atoms with Crippen LogP contribution in [0.1, 0.15) is 32.3 Å². The van der Waals surface area contributed by atoms with Crippen molar-refractivity contribution in [3.05, 3.63) is 24.0 Å². The van der Waals surface area contributed by atoms with E-state index >= 15 is 0 Å². The van der Waals surface area contributed by atoms with Crippen LogP contribution in [0.15, 0.2) is 18.5 Å². The smallest absolute Gasteiger partial charge is 0.234 e. The summed E-state index contributed by atoms with van der Waals surface area (Å²) in [6, 6.07) is 1.88. The number of sulfonamides is 1. The Kier molecular flexibility index (Phi) is 4.72. The van der Waals surface area contributed by atoms with Gasteiger partial charge in [-0.2, -0.15) is 0 Å². The summed E-state index contributed by atoms with van der Waals surface area (Å²) < 4.78 is 30.4. The van der Waals surface area contributed by atoms with Gasteiger partial charge >= 0.3 is 0 Å². The molecule has 0 aliphatic carbocycles. The fraction of sp³-hybridized carbons (Fsp3) is 0.571. The zero-order valence-electron chi connectivity index (χ0n) is 13.1. The molecule has 2 heterocycles. The van der Waals surface area contributed by atoms with Crippen LogP contribution in [0.3, 0.4) is 0 Å². The molecule has 2 N–H and O–H groups in total. The zero-order chi connectivity index (χ0) is 16.4. The van der Waals surface area contributed by atoms with Gasteiger partial charge < -0.3 is 4.74 Å². The SMILES string of the molecule is CCC(CC)(COc1nn2ccnc2cc1C)CS(N)(=O)=O. The number of primary sulfonamides is 1. The summed E-state index contributed by atoms with van der Waals surface area (Å²) in [5.74, 6) is 0.380. The Hall–Kier alpha value is -1.67. The van der Waals surface area contributed by atoms with E-state index in [1.54, 1.807) is 16.9 Å². The highest BCUT2D eigenvalue weighted by atomic mass is 32.2. The quantitative estimate of drug-likeness (QED) is 0.831. The Balaban J connectivity index is 2.22. The molecule has 122 valence electrons. The fourth-order valence-corrected chi connectivity index (χ4v) is 3.76. The molecule has 0 saturated heterocycles. The summed E-state index contributed by atoms with van der Waals surface area (Å²) in [6.45, 7) is 6.02. The average Bonchev–Trinajstić information content (AvgIpc) is 2.89. The molecule has 0 aliphatic heterocycles. The number of nitrogens with zero attached hydrogens (tertiary/aromatic N) is 3. The maximum absolute atomic E-state index is 11.5. The Bertz CT molecular complexity index is 751. The molecule has 0 atom stereocenters. The molecule has 0 fully saturated rings. The molecule has 0 bridgehead atoms. The van der Waals surface area contributed by atoms with Crippen LogP contribution in [0.4, 0.5) is 0 Å². The Morgan fingerprint density at radius 2 is 2.05 bits per heavy atom. The van der Waals surface area contributed by atoms with Crippen molar-refractivity contribution in [2.75, 3.05) is 12.4 Å². The Labute approximate surface area is 130 Å². The highest BCUT2D eigenvalue weighted by Crippen LogP contribution is 2.29. The third-order valence-corrected chi connectivity index (χ3v) is 5.07. The van der Waals surface area contributed by atoms with Gasteiger partial charge in [-0.15, -0.1) is 5.10 Å². The largest absolute Gasteiger partial charge is 0.476 e. The van der Waals surface area contributed by atoms with E-state index in [0.717, 1.165) is 11.2 Å². The molecule has 0 radical (unpaired) electrons. The molecule has 0 aliphatic rings. The lowest BCUT2D eigenvalue weighted by Gasteiger charge is -2.30. The van der Waals surface area contributed by atoms with Crippen LogP contribution < -0.4 is 9.88 Å². The van der Waals surface area contributed by atoms with Crippen molar-refractivity contribution in [3.8, 4) is 5.88 Å². The lowest BCUT2D eigenvalue weighted by molar-refractivity contribution is 0.147. The molecule has 22 heavy (non-hydrogen) atoms. The van der Waals surface area contributed by atoms with Gasteiger partial charge in [-0.25, -0.2) is 23.1 Å². The number of imidazole rings is 1. The lowest BCUT2D eigenvalue weighted by Crippen LogP contribution is -2.38. The second kappa shape index (κ2) is 6.21. The van der Waals surface area contributed by atoms with Crippen molar-refractivity contribution >= 4 is 15.7 Å². The second-order valence-corrected chi connectivity index (χ2v) is 7.28. The Morgan fingerprint density at radius 1 is 1.36 bits per heavy atom. The monoisotopic (exact) mass is 326 g/mol. The molecular formula is C14H22N4O3S. The molecule has 2 aromatic rings. The molecule has 0 aromatic carbocycles. The minimum atomic E-state index is -3.56. The summed E-state index contributed by atoms with van der Waals surface area (Å²) in [4.78, 5) is 4.16. The maximum Gasteiger partial charge on any atom is 0.234 e. The van der Waals surface area contributed by atoms with E-state index in [1.807, 2.05) is 26.8 Å². The molecule has 8 heteroatoms. The molecule has 2 aromatic heterocycles. The zero-order valence-corrected chi connectivity index (χ0v) is 13.9. The van der Waals surface area contributed by atoms with Gasteiger partial charge in [0.2, 0.25) is 15.9 Å². The minimum absolute atomic E-state index is 0.0978. The van der Waals surface area contributed by atoms with Crippen molar-refractivity contribution in [3.63, 3.8) is 0 Å². The van der Waals surface area contributed by atoms with Gasteiger partial charge in [0, 0.05) is 23.4 Å². The fourth-order valence-electron chi connectivity index (χ4n) is 2.42. The van der Waals surface area contributed by atoms with Gasteiger partial charge in [0.25, 0.3) is 0 Å². The first-order valence-corrected chi connectivity index (χ1v) is 8.94. The summed E-state index contributed by atoms with van der Waals surface area (Å²) >= 11 is 0. The van der Waals surface area contributed by atoms with Crippen LogP contribution in [-0.2, 0) is 10.0 Å². The maximum atomic E-state index is 11.5. The number of nitrogens with two attached hydrogens (primary N) is 1. The summed E-state index contributed by atoms with van der Waals surface area (Å²) in [7, 11) is -3.56. The lowest BCUT2D eigenvalue weighted by atomic mass is 9.85. The third kappa shape index (κ3) is 3.75. The van der Waals surface area contributed by atoms with Gasteiger partial charge in [0.1, 0.15) is 0 Å². The van der Waals surface area contributed by atoms with Crippen molar-refractivity contribution in [2.24, 2.45) is 10.6 Å². The second-order valence-electron chi connectivity index (χ2n) is 5.67. The highest BCUT2D eigenvalue weighted by molar-refractivity contribution is 7.89. The van der Waals surface area contributed by atoms with E-state index < -0.39 is 15.4 Å². The van der Waals surface area contributed by atoms with Crippen LogP contribution in [0.2, 0.25) is 0 Å². The van der Waals surface area contributed by atoms with E-state index in [9.17, 15) is 8.42 Å². The molecular weight excluding hydrogens is 304 g/mol. The van der Waals surface area contributed by atoms with Crippen LogP contribution in [0, 0.1) is 12.3 Å². The van der Waals surface area contributed by atoms with E-state index in [-0.39, 0.29) is 12.4 Å². The van der Waals surface area contributed by atoms with E-state index in [4.69, 9.17) is 9.88 Å². The van der Waals surface area contributed by atoms with Crippen molar-refractivity contribution in [1.29, 1.82) is 0 Å². The van der Waals surface area contributed by atoms with Crippen LogP contribution in [0.25, 0.3) is 5.65 Å². The highest BCUT2D eigenvalue weighted by Gasteiger charge is 2.32. The normalized spacial score (nSPS) is 12.7. The summed E-state index contributed by atoms with van der Waals surface area (Å²) in [6.07, 6.45) is 4.71. The number of hydrogen-bond acceptors (Lipinski definition) is 5. The standard InChI is InChI=1S/C14H22N4O3S/c1-4-14(5-2,10-22(15,19)20)9-21-13-11(3)8-12-16-6-7-18(12)17-13/h6-8H,4-5,9-10H2,1-3H3,(H2,15,19,20). The molecule has 0 unspecified atom stereocenters.